The van der Waals surface area contributed by atoms with Gasteiger partial charge in [-0.2, -0.15) is 0 Å². The third kappa shape index (κ3) is 3.35. The molecule has 0 aromatic carbocycles. The number of hydrogen-bond donors (Lipinski definition) is 1. The molecule has 4 atom stereocenters. The minimum atomic E-state index is 0.136. The summed E-state index contributed by atoms with van der Waals surface area (Å²) in [7, 11) is 4.16. The number of ether oxygens (including phenoxy) is 1. The average molecular weight is 347 g/mol. The van der Waals surface area contributed by atoms with Crippen LogP contribution in [0.2, 0.25) is 0 Å². The molecule has 1 N–H and O–H groups in total. The maximum atomic E-state index is 12.8. The van der Waals surface area contributed by atoms with Gasteiger partial charge in [0, 0.05) is 18.4 Å². The molecule has 0 unspecified atom stereocenters. The van der Waals surface area contributed by atoms with Crippen molar-refractivity contribution in [2.24, 2.45) is 11.8 Å². The number of nitrogens with one attached hydrogen (secondary N) is 1. The SMILES string of the molecule is CN(C)[C@@H]1[C@@H](NC(=O)C2CCN(Cc3ccco3)CC2)[C@H]2CCO[C@H]21. The smallest absolute Gasteiger partial charge is 0.223 e. The van der Waals surface area contributed by atoms with E-state index in [-0.39, 0.29) is 17.9 Å². The number of carbonyl (C=O) groups excluding carboxylic acids is 1. The Morgan fingerprint density at radius 3 is 2.80 bits per heavy atom. The molecule has 1 aliphatic carbocycles. The summed E-state index contributed by atoms with van der Waals surface area (Å²) in [5, 5.41) is 3.35. The quantitative estimate of drug-likeness (QED) is 0.871. The number of hydrogen-bond acceptors (Lipinski definition) is 5. The highest BCUT2D eigenvalue weighted by atomic mass is 16.5. The first-order chi connectivity index (χ1) is 12.1. The fourth-order valence-corrected chi connectivity index (χ4v) is 4.74. The van der Waals surface area contributed by atoms with Gasteiger partial charge in [-0.05, 0) is 58.6 Å². The van der Waals surface area contributed by atoms with Crippen molar-refractivity contribution in [3.05, 3.63) is 24.2 Å². The standard InChI is InChI=1S/C19H29N3O3/c1-21(2)17-16(15-7-11-25-18(15)17)20-19(23)13-5-8-22(9-6-13)12-14-4-3-10-24-14/h3-4,10,13,15-18H,5-9,11-12H2,1-2H3,(H,20,23)/t15-,16+,17-,18-/m1/s1. The normalized spacial score (nSPS) is 33.2. The zero-order valence-electron chi connectivity index (χ0n) is 15.2. The Labute approximate surface area is 149 Å². The Kier molecular flexibility index (Phi) is 4.84. The van der Waals surface area contributed by atoms with E-state index >= 15 is 0 Å². The maximum absolute atomic E-state index is 12.8. The van der Waals surface area contributed by atoms with Crippen molar-refractivity contribution in [3.8, 4) is 0 Å². The van der Waals surface area contributed by atoms with Gasteiger partial charge in [-0.3, -0.25) is 9.69 Å². The first-order valence-corrected chi connectivity index (χ1v) is 9.46. The van der Waals surface area contributed by atoms with Crippen molar-refractivity contribution in [1.82, 2.24) is 15.1 Å². The van der Waals surface area contributed by atoms with Crippen molar-refractivity contribution >= 4 is 5.91 Å². The summed E-state index contributed by atoms with van der Waals surface area (Å²) >= 11 is 0. The van der Waals surface area contributed by atoms with Crippen LogP contribution in [0.4, 0.5) is 0 Å². The summed E-state index contributed by atoms with van der Waals surface area (Å²) in [4.78, 5) is 17.3. The van der Waals surface area contributed by atoms with Gasteiger partial charge in [0.05, 0.1) is 31.0 Å². The Hall–Kier alpha value is -1.37. The van der Waals surface area contributed by atoms with E-state index in [2.05, 4.69) is 29.2 Å². The van der Waals surface area contributed by atoms with Crippen molar-refractivity contribution in [1.29, 1.82) is 0 Å². The van der Waals surface area contributed by atoms with E-state index in [9.17, 15) is 4.79 Å². The number of carbonyl (C=O) groups is 1. The van der Waals surface area contributed by atoms with Crippen molar-refractivity contribution in [2.45, 2.75) is 44.0 Å². The van der Waals surface area contributed by atoms with Crippen LogP contribution in [0.5, 0.6) is 0 Å². The van der Waals surface area contributed by atoms with Crippen LogP contribution in [0, 0.1) is 11.8 Å². The lowest BCUT2D eigenvalue weighted by molar-refractivity contribution is -0.133. The molecule has 6 nitrogen and oxygen atoms in total. The number of furan rings is 1. The average Bonchev–Trinajstić information content (AvgIpc) is 3.23. The largest absolute Gasteiger partial charge is 0.468 e. The van der Waals surface area contributed by atoms with Crippen LogP contribution < -0.4 is 5.32 Å². The Morgan fingerprint density at radius 2 is 2.12 bits per heavy atom. The van der Waals surface area contributed by atoms with Crippen LogP contribution in [-0.4, -0.2) is 67.7 Å². The highest BCUT2D eigenvalue weighted by molar-refractivity contribution is 5.79. The highest BCUT2D eigenvalue weighted by Crippen LogP contribution is 2.41. The second kappa shape index (κ2) is 7.09. The molecule has 1 aromatic rings. The monoisotopic (exact) mass is 347 g/mol. The lowest BCUT2D eigenvalue weighted by Gasteiger charge is -2.51. The number of rotatable bonds is 5. The summed E-state index contributed by atoms with van der Waals surface area (Å²) in [5.41, 5.74) is 0. The summed E-state index contributed by atoms with van der Waals surface area (Å²) < 4.78 is 11.3. The van der Waals surface area contributed by atoms with Gasteiger partial charge in [-0.25, -0.2) is 0 Å². The Morgan fingerprint density at radius 1 is 1.32 bits per heavy atom. The number of nitrogens with zero attached hydrogens (tertiary/aromatic N) is 2. The molecule has 6 heteroatoms. The molecule has 3 heterocycles. The lowest BCUT2D eigenvalue weighted by Crippen LogP contribution is -2.70. The second-order valence-electron chi connectivity index (χ2n) is 7.91. The fraction of sp³-hybridized carbons (Fsp3) is 0.737. The van der Waals surface area contributed by atoms with E-state index in [1.54, 1.807) is 6.26 Å². The van der Waals surface area contributed by atoms with Gasteiger partial charge in [-0.1, -0.05) is 0 Å². The van der Waals surface area contributed by atoms with E-state index in [0.717, 1.165) is 51.3 Å². The van der Waals surface area contributed by atoms with E-state index in [1.165, 1.54) is 0 Å². The van der Waals surface area contributed by atoms with Gasteiger partial charge in [-0.15, -0.1) is 0 Å². The molecule has 4 rings (SSSR count). The summed E-state index contributed by atoms with van der Waals surface area (Å²) in [6.45, 7) is 3.58. The first kappa shape index (κ1) is 17.1. The number of likely N-dealkylation sites (N-methyl/N-ethyl adjacent to an activating group) is 1. The van der Waals surface area contributed by atoms with Crippen molar-refractivity contribution in [3.63, 3.8) is 0 Å². The van der Waals surface area contributed by atoms with Crippen molar-refractivity contribution < 1.29 is 13.9 Å². The van der Waals surface area contributed by atoms with E-state index in [1.807, 2.05) is 12.1 Å². The van der Waals surface area contributed by atoms with Gasteiger partial charge in [0.2, 0.25) is 5.91 Å². The molecular formula is C19H29N3O3. The minimum absolute atomic E-state index is 0.136. The number of likely N-dealkylation sites (tertiary alicyclic amines) is 1. The summed E-state index contributed by atoms with van der Waals surface area (Å²) in [6.07, 6.45) is 4.94. The molecule has 1 amide bonds. The van der Waals surface area contributed by atoms with Crippen LogP contribution in [0.25, 0.3) is 0 Å². The molecule has 0 bridgehead atoms. The number of piperidine rings is 1. The van der Waals surface area contributed by atoms with Gasteiger partial charge in [0.1, 0.15) is 5.76 Å². The molecule has 0 radical (unpaired) electrons. The molecule has 2 saturated heterocycles. The predicted molar refractivity (Wildman–Crippen MR) is 94.0 cm³/mol. The zero-order chi connectivity index (χ0) is 17.4. The molecule has 1 aromatic heterocycles. The van der Waals surface area contributed by atoms with E-state index < -0.39 is 0 Å². The predicted octanol–water partition coefficient (Wildman–Crippen LogP) is 1.33. The van der Waals surface area contributed by atoms with Crippen LogP contribution in [-0.2, 0) is 16.1 Å². The van der Waals surface area contributed by atoms with Gasteiger partial charge < -0.3 is 19.4 Å². The molecule has 2 aliphatic heterocycles. The van der Waals surface area contributed by atoms with E-state index in [0.29, 0.717) is 18.1 Å². The zero-order valence-corrected chi connectivity index (χ0v) is 15.2. The van der Waals surface area contributed by atoms with Crippen LogP contribution in [0.15, 0.2) is 22.8 Å². The molecule has 25 heavy (non-hydrogen) atoms. The Bertz CT molecular complexity index is 581. The van der Waals surface area contributed by atoms with Crippen LogP contribution in [0.3, 0.4) is 0 Å². The van der Waals surface area contributed by atoms with Crippen LogP contribution >= 0.6 is 0 Å². The molecule has 0 spiro atoms. The number of fused-ring (bicyclic) bond motifs is 1. The first-order valence-electron chi connectivity index (χ1n) is 9.46. The number of amides is 1. The van der Waals surface area contributed by atoms with Gasteiger partial charge >= 0.3 is 0 Å². The van der Waals surface area contributed by atoms with Crippen molar-refractivity contribution in [2.75, 3.05) is 33.8 Å². The summed E-state index contributed by atoms with van der Waals surface area (Å²) in [6, 6.07) is 4.50. The maximum Gasteiger partial charge on any atom is 0.223 e. The van der Waals surface area contributed by atoms with Gasteiger partial charge in [0.15, 0.2) is 0 Å². The third-order valence-corrected chi connectivity index (χ3v) is 6.17. The van der Waals surface area contributed by atoms with Crippen LogP contribution in [0.1, 0.15) is 25.0 Å². The Balaban J connectivity index is 1.27. The van der Waals surface area contributed by atoms with E-state index in [4.69, 9.17) is 9.15 Å². The fourth-order valence-electron chi connectivity index (χ4n) is 4.74. The molecular weight excluding hydrogens is 318 g/mol. The highest BCUT2D eigenvalue weighted by Gasteiger charge is 2.55. The molecule has 138 valence electrons. The molecule has 3 aliphatic rings. The second-order valence-corrected chi connectivity index (χ2v) is 7.91. The topological polar surface area (TPSA) is 58.0 Å². The third-order valence-electron chi connectivity index (χ3n) is 6.17. The lowest BCUT2D eigenvalue weighted by atomic mass is 9.70. The van der Waals surface area contributed by atoms with Gasteiger partial charge in [0.25, 0.3) is 0 Å². The molecule has 3 fully saturated rings. The minimum Gasteiger partial charge on any atom is -0.468 e. The molecule has 1 saturated carbocycles. The summed E-state index contributed by atoms with van der Waals surface area (Å²) in [5.74, 6) is 1.87.